The quantitative estimate of drug-likeness (QED) is 0.227. The third-order valence-corrected chi connectivity index (χ3v) is 1.09. The number of nitrogens with zero attached hydrogens (tertiary/aromatic N) is 1. The first-order valence-corrected chi connectivity index (χ1v) is 3.29. The molecule has 5 heteroatoms. The minimum atomic E-state index is -0.122. The maximum absolute atomic E-state index is 10.5. The second kappa shape index (κ2) is 4.54. The first kappa shape index (κ1) is 9.74. The molecule has 1 unspecified atom stereocenters. The van der Waals surface area contributed by atoms with Crippen LogP contribution < -0.4 is 11.1 Å². The minimum absolute atomic E-state index is 0.0941. The average molecular weight is 159 g/mol. The molecule has 0 rings (SSSR count). The first-order valence-electron chi connectivity index (χ1n) is 3.29. The van der Waals surface area contributed by atoms with Gasteiger partial charge < -0.3 is 16.3 Å². The van der Waals surface area contributed by atoms with Crippen LogP contribution in [-0.2, 0) is 4.79 Å². The van der Waals surface area contributed by atoms with Crippen molar-refractivity contribution in [1.82, 2.24) is 5.32 Å². The molecule has 0 fully saturated rings. The molecule has 5 nitrogen and oxygen atoms in total. The van der Waals surface area contributed by atoms with E-state index in [4.69, 9.17) is 10.9 Å². The Hall–Kier alpha value is -1.26. The molecule has 0 saturated carbocycles. The van der Waals surface area contributed by atoms with E-state index >= 15 is 0 Å². The number of nitrogens with one attached hydrogen (secondary N) is 1. The Labute approximate surface area is 65.3 Å². The predicted octanol–water partition coefficient (Wildman–Crippen LogP) is -0.352. The Balaban J connectivity index is 3.69. The van der Waals surface area contributed by atoms with Gasteiger partial charge in [0.25, 0.3) is 0 Å². The third-order valence-electron chi connectivity index (χ3n) is 1.09. The van der Waals surface area contributed by atoms with Crippen LogP contribution in [-0.4, -0.2) is 23.0 Å². The number of hydrogen-bond donors (Lipinski definition) is 3. The van der Waals surface area contributed by atoms with Crippen LogP contribution in [0.2, 0.25) is 0 Å². The molecule has 4 N–H and O–H groups in total. The lowest BCUT2D eigenvalue weighted by Gasteiger charge is -2.10. The van der Waals surface area contributed by atoms with Crippen LogP contribution in [0.15, 0.2) is 5.16 Å². The molecule has 0 bridgehead atoms. The molecule has 1 amide bonds. The van der Waals surface area contributed by atoms with Crippen molar-refractivity contribution in [3.8, 4) is 0 Å². The summed E-state index contributed by atoms with van der Waals surface area (Å²) in [6, 6.07) is -0.0941. The van der Waals surface area contributed by atoms with E-state index in [9.17, 15) is 4.79 Å². The van der Waals surface area contributed by atoms with E-state index in [2.05, 4.69) is 10.5 Å². The summed E-state index contributed by atoms with van der Waals surface area (Å²) in [7, 11) is 0. The zero-order valence-electron chi connectivity index (χ0n) is 6.66. The van der Waals surface area contributed by atoms with Crippen LogP contribution in [0.4, 0.5) is 0 Å². The molecule has 0 aliphatic heterocycles. The number of amides is 1. The second-order valence-electron chi connectivity index (χ2n) is 2.40. The van der Waals surface area contributed by atoms with Gasteiger partial charge in [-0.25, -0.2) is 0 Å². The normalized spacial score (nSPS) is 14.2. The number of nitrogens with two attached hydrogens (primary N) is 1. The van der Waals surface area contributed by atoms with Crippen molar-refractivity contribution < 1.29 is 10.0 Å². The maximum atomic E-state index is 10.5. The van der Waals surface area contributed by atoms with Crippen LogP contribution in [0.1, 0.15) is 20.3 Å². The van der Waals surface area contributed by atoms with E-state index in [1.807, 2.05) is 0 Å². The lowest BCUT2D eigenvalue weighted by Crippen LogP contribution is -2.34. The molecular weight excluding hydrogens is 146 g/mol. The van der Waals surface area contributed by atoms with Crippen LogP contribution in [0.5, 0.6) is 0 Å². The van der Waals surface area contributed by atoms with Crippen molar-refractivity contribution in [2.24, 2.45) is 10.9 Å². The zero-order chi connectivity index (χ0) is 8.85. The summed E-state index contributed by atoms with van der Waals surface area (Å²) in [5.41, 5.74) is 5.20. The van der Waals surface area contributed by atoms with E-state index in [1.165, 1.54) is 6.92 Å². The fourth-order valence-corrected chi connectivity index (χ4v) is 0.753. The highest BCUT2D eigenvalue weighted by Gasteiger charge is 2.04. The molecule has 64 valence electrons. The summed E-state index contributed by atoms with van der Waals surface area (Å²) in [5.74, 6) is -0.00510. The van der Waals surface area contributed by atoms with Crippen molar-refractivity contribution in [2.75, 3.05) is 0 Å². The van der Waals surface area contributed by atoms with E-state index < -0.39 is 0 Å². The fourth-order valence-electron chi connectivity index (χ4n) is 0.753. The van der Waals surface area contributed by atoms with Gasteiger partial charge in [0.05, 0.1) is 0 Å². The Morgan fingerprint density at radius 1 is 1.82 bits per heavy atom. The number of amidine groups is 1. The van der Waals surface area contributed by atoms with Gasteiger partial charge in [0, 0.05) is 19.4 Å². The monoisotopic (exact) mass is 159 g/mol. The molecule has 0 aromatic carbocycles. The summed E-state index contributed by atoms with van der Waals surface area (Å²) in [4.78, 5) is 10.5. The standard InChI is InChI=1S/C6H13N3O2/c1-4(8-5(2)10)3-6(7)9-11/h4,11H,3H2,1-2H3,(H2,7,9)(H,8,10). The molecule has 0 aliphatic rings. The average Bonchev–Trinajstić information content (AvgIpc) is 1.85. The highest BCUT2D eigenvalue weighted by Crippen LogP contribution is 1.89. The van der Waals surface area contributed by atoms with Gasteiger partial charge in [-0.05, 0) is 6.92 Å². The van der Waals surface area contributed by atoms with E-state index in [0.29, 0.717) is 6.42 Å². The van der Waals surface area contributed by atoms with Gasteiger partial charge in [0.2, 0.25) is 5.91 Å². The smallest absolute Gasteiger partial charge is 0.217 e. The van der Waals surface area contributed by atoms with Gasteiger partial charge in [-0.15, -0.1) is 0 Å². The lowest BCUT2D eigenvalue weighted by molar-refractivity contribution is -0.119. The Morgan fingerprint density at radius 2 is 2.36 bits per heavy atom. The van der Waals surface area contributed by atoms with Crippen molar-refractivity contribution in [3.05, 3.63) is 0 Å². The highest BCUT2D eigenvalue weighted by molar-refractivity contribution is 5.81. The van der Waals surface area contributed by atoms with E-state index in [-0.39, 0.29) is 17.8 Å². The summed E-state index contributed by atoms with van der Waals surface area (Å²) >= 11 is 0. The number of carbonyl (C=O) groups excluding carboxylic acids is 1. The van der Waals surface area contributed by atoms with Gasteiger partial charge in [0.15, 0.2) is 0 Å². The Bertz CT molecular complexity index is 167. The predicted molar refractivity (Wildman–Crippen MR) is 41.3 cm³/mol. The van der Waals surface area contributed by atoms with E-state index in [0.717, 1.165) is 0 Å². The summed E-state index contributed by atoms with van der Waals surface area (Å²) < 4.78 is 0. The largest absolute Gasteiger partial charge is 0.409 e. The molecular formula is C6H13N3O2. The fraction of sp³-hybridized carbons (Fsp3) is 0.667. The summed E-state index contributed by atoms with van der Waals surface area (Å²) in [5, 5.41) is 13.5. The van der Waals surface area contributed by atoms with Crippen molar-refractivity contribution in [3.63, 3.8) is 0 Å². The van der Waals surface area contributed by atoms with Gasteiger partial charge in [-0.3, -0.25) is 4.79 Å². The minimum Gasteiger partial charge on any atom is -0.409 e. The van der Waals surface area contributed by atoms with Crippen molar-refractivity contribution in [1.29, 1.82) is 0 Å². The SMILES string of the molecule is CC(=O)NC(C)CC(N)=NO. The highest BCUT2D eigenvalue weighted by atomic mass is 16.4. The molecule has 0 aliphatic carbocycles. The first-order chi connectivity index (χ1) is 5.06. The van der Waals surface area contributed by atoms with Gasteiger partial charge in [0.1, 0.15) is 5.84 Å². The zero-order valence-corrected chi connectivity index (χ0v) is 6.66. The molecule has 0 saturated heterocycles. The van der Waals surface area contributed by atoms with Crippen molar-refractivity contribution in [2.45, 2.75) is 26.3 Å². The molecule has 0 spiro atoms. The number of hydrogen-bond acceptors (Lipinski definition) is 3. The van der Waals surface area contributed by atoms with Crippen LogP contribution in [0, 0.1) is 0 Å². The summed E-state index contributed by atoms with van der Waals surface area (Å²) in [6.45, 7) is 3.20. The number of rotatable bonds is 3. The van der Waals surface area contributed by atoms with Gasteiger partial charge in [-0.1, -0.05) is 5.16 Å². The lowest BCUT2D eigenvalue weighted by atomic mass is 10.2. The molecule has 0 heterocycles. The molecule has 0 aromatic heterocycles. The second-order valence-corrected chi connectivity index (χ2v) is 2.40. The van der Waals surface area contributed by atoms with Crippen LogP contribution >= 0.6 is 0 Å². The molecule has 11 heavy (non-hydrogen) atoms. The summed E-state index contributed by atoms with van der Waals surface area (Å²) in [6.07, 6.45) is 0.357. The van der Waals surface area contributed by atoms with Crippen LogP contribution in [0.25, 0.3) is 0 Å². The maximum Gasteiger partial charge on any atom is 0.217 e. The van der Waals surface area contributed by atoms with E-state index in [1.54, 1.807) is 6.92 Å². The van der Waals surface area contributed by atoms with Crippen molar-refractivity contribution >= 4 is 11.7 Å². The molecule has 1 atom stereocenters. The van der Waals surface area contributed by atoms with Crippen LogP contribution in [0.3, 0.4) is 0 Å². The third kappa shape index (κ3) is 5.20. The Kier molecular flexibility index (Phi) is 4.02. The topological polar surface area (TPSA) is 87.7 Å². The molecule has 0 radical (unpaired) electrons. The number of oxime groups is 1. The van der Waals surface area contributed by atoms with Gasteiger partial charge >= 0.3 is 0 Å². The molecule has 0 aromatic rings. The Morgan fingerprint density at radius 3 is 2.73 bits per heavy atom. The number of carbonyl (C=O) groups is 1. The van der Waals surface area contributed by atoms with Gasteiger partial charge in [-0.2, -0.15) is 0 Å².